The van der Waals surface area contributed by atoms with Crippen molar-refractivity contribution >= 4 is 0 Å². The van der Waals surface area contributed by atoms with Crippen molar-refractivity contribution in [1.82, 2.24) is 10.2 Å². The van der Waals surface area contributed by atoms with E-state index in [1.165, 1.54) is 37.1 Å². The molecule has 2 rings (SSSR count). The number of hydrogen-bond acceptors (Lipinski definition) is 2. The van der Waals surface area contributed by atoms with Crippen LogP contribution in [-0.4, -0.2) is 30.6 Å². The van der Waals surface area contributed by atoms with Gasteiger partial charge in [-0.05, 0) is 51.8 Å². The van der Waals surface area contributed by atoms with Gasteiger partial charge in [0.2, 0.25) is 0 Å². The molecular formula is C16H26N2. The Morgan fingerprint density at radius 1 is 1.22 bits per heavy atom. The average Bonchev–Trinajstić information content (AvgIpc) is 2.39. The van der Waals surface area contributed by atoms with Crippen LogP contribution in [0.1, 0.15) is 43.9 Å². The van der Waals surface area contributed by atoms with E-state index in [0.717, 1.165) is 0 Å². The standard InChI is InChI=1S/C16H26N2/c1-13-7-5-6-8-15(13)14(2)18-11-9-16(3,17-4)10-12-18/h5-8,14,17H,9-12H2,1-4H3. The third-order valence-corrected chi connectivity index (χ3v) is 4.69. The minimum atomic E-state index is 0.335. The number of likely N-dealkylation sites (tertiary alicyclic amines) is 1. The van der Waals surface area contributed by atoms with Crippen LogP contribution in [-0.2, 0) is 0 Å². The summed E-state index contributed by atoms with van der Waals surface area (Å²) in [7, 11) is 2.08. The second-order valence-electron chi connectivity index (χ2n) is 5.88. The van der Waals surface area contributed by atoms with Crippen LogP contribution in [0.15, 0.2) is 24.3 Å². The summed E-state index contributed by atoms with van der Waals surface area (Å²) in [5.74, 6) is 0. The van der Waals surface area contributed by atoms with Crippen LogP contribution in [0.25, 0.3) is 0 Å². The highest BCUT2D eigenvalue weighted by molar-refractivity contribution is 5.28. The summed E-state index contributed by atoms with van der Waals surface area (Å²) in [5.41, 5.74) is 3.22. The molecule has 1 heterocycles. The van der Waals surface area contributed by atoms with E-state index in [4.69, 9.17) is 0 Å². The molecule has 0 radical (unpaired) electrons. The molecule has 2 nitrogen and oxygen atoms in total. The zero-order chi connectivity index (χ0) is 13.2. The highest BCUT2D eigenvalue weighted by Crippen LogP contribution is 2.29. The molecule has 0 spiro atoms. The number of nitrogens with zero attached hydrogens (tertiary/aromatic N) is 1. The Bertz CT molecular complexity index is 392. The van der Waals surface area contributed by atoms with Gasteiger partial charge in [0.25, 0.3) is 0 Å². The van der Waals surface area contributed by atoms with Gasteiger partial charge in [-0.1, -0.05) is 24.3 Å². The summed E-state index contributed by atoms with van der Waals surface area (Å²) < 4.78 is 0. The smallest absolute Gasteiger partial charge is 0.0322 e. The van der Waals surface area contributed by atoms with Crippen molar-refractivity contribution in [2.75, 3.05) is 20.1 Å². The summed E-state index contributed by atoms with van der Waals surface area (Å²) in [6.45, 7) is 9.26. The fourth-order valence-corrected chi connectivity index (χ4v) is 2.91. The Kier molecular flexibility index (Phi) is 4.08. The Balaban J connectivity index is 2.04. The molecule has 1 aliphatic heterocycles. The highest BCUT2D eigenvalue weighted by atomic mass is 15.2. The van der Waals surface area contributed by atoms with Crippen molar-refractivity contribution in [3.05, 3.63) is 35.4 Å². The molecule has 18 heavy (non-hydrogen) atoms. The molecule has 1 aromatic rings. The maximum atomic E-state index is 3.46. The first-order valence-corrected chi connectivity index (χ1v) is 7.04. The molecule has 100 valence electrons. The van der Waals surface area contributed by atoms with Gasteiger partial charge >= 0.3 is 0 Å². The molecular weight excluding hydrogens is 220 g/mol. The molecule has 1 aliphatic rings. The van der Waals surface area contributed by atoms with E-state index in [0.29, 0.717) is 11.6 Å². The number of benzene rings is 1. The van der Waals surface area contributed by atoms with Crippen LogP contribution >= 0.6 is 0 Å². The zero-order valence-corrected chi connectivity index (χ0v) is 12.2. The van der Waals surface area contributed by atoms with Gasteiger partial charge in [0, 0.05) is 24.7 Å². The first kappa shape index (κ1) is 13.6. The molecule has 0 bridgehead atoms. The number of rotatable bonds is 3. The molecule has 0 aliphatic carbocycles. The summed E-state index contributed by atoms with van der Waals surface area (Å²) >= 11 is 0. The van der Waals surface area contributed by atoms with E-state index >= 15 is 0 Å². The normalized spacial score (nSPS) is 21.8. The van der Waals surface area contributed by atoms with E-state index in [1.54, 1.807) is 0 Å². The summed E-state index contributed by atoms with van der Waals surface area (Å²) in [6.07, 6.45) is 2.47. The van der Waals surface area contributed by atoms with Gasteiger partial charge in [-0.2, -0.15) is 0 Å². The third-order valence-electron chi connectivity index (χ3n) is 4.69. The van der Waals surface area contributed by atoms with Crippen molar-refractivity contribution in [3.8, 4) is 0 Å². The largest absolute Gasteiger partial charge is 0.314 e. The van der Waals surface area contributed by atoms with Gasteiger partial charge < -0.3 is 5.32 Å². The quantitative estimate of drug-likeness (QED) is 0.881. The zero-order valence-electron chi connectivity index (χ0n) is 12.2. The van der Waals surface area contributed by atoms with Gasteiger partial charge in [0.05, 0.1) is 0 Å². The lowest BCUT2D eigenvalue weighted by atomic mass is 9.88. The molecule has 1 fully saturated rings. The lowest BCUT2D eigenvalue weighted by Gasteiger charge is -2.42. The topological polar surface area (TPSA) is 15.3 Å². The lowest BCUT2D eigenvalue weighted by molar-refractivity contribution is 0.117. The minimum absolute atomic E-state index is 0.335. The van der Waals surface area contributed by atoms with Gasteiger partial charge in [-0.25, -0.2) is 0 Å². The van der Waals surface area contributed by atoms with Crippen molar-refractivity contribution in [1.29, 1.82) is 0 Å². The van der Waals surface area contributed by atoms with Crippen LogP contribution in [0, 0.1) is 6.92 Å². The van der Waals surface area contributed by atoms with Gasteiger partial charge in [0.15, 0.2) is 0 Å². The van der Waals surface area contributed by atoms with Crippen molar-refractivity contribution in [2.45, 2.75) is 45.2 Å². The summed E-state index contributed by atoms with van der Waals surface area (Å²) in [5, 5.41) is 3.46. The van der Waals surface area contributed by atoms with Gasteiger partial charge in [-0.3, -0.25) is 4.90 Å². The fraction of sp³-hybridized carbons (Fsp3) is 0.625. The molecule has 2 heteroatoms. The Hall–Kier alpha value is -0.860. The summed E-state index contributed by atoms with van der Waals surface area (Å²) in [6, 6.07) is 9.30. The van der Waals surface area contributed by atoms with E-state index in [2.05, 4.69) is 62.3 Å². The number of aryl methyl sites for hydroxylation is 1. The van der Waals surface area contributed by atoms with E-state index in [-0.39, 0.29) is 0 Å². The van der Waals surface area contributed by atoms with Crippen molar-refractivity contribution < 1.29 is 0 Å². The number of piperidine rings is 1. The molecule has 1 N–H and O–H groups in total. The van der Waals surface area contributed by atoms with Crippen LogP contribution in [0.5, 0.6) is 0 Å². The van der Waals surface area contributed by atoms with Crippen LogP contribution in [0.2, 0.25) is 0 Å². The van der Waals surface area contributed by atoms with E-state index in [9.17, 15) is 0 Å². The predicted octanol–water partition coefficient (Wildman–Crippen LogP) is 3.13. The van der Waals surface area contributed by atoms with E-state index in [1.807, 2.05) is 0 Å². The monoisotopic (exact) mass is 246 g/mol. The fourth-order valence-electron chi connectivity index (χ4n) is 2.91. The lowest BCUT2D eigenvalue weighted by Crippen LogP contribution is -2.50. The Labute approximate surface area is 111 Å². The minimum Gasteiger partial charge on any atom is -0.314 e. The molecule has 1 saturated heterocycles. The molecule has 0 saturated carbocycles. The Morgan fingerprint density at radius 3 is 2.39 bits per heavy atom. The third kappa shape index (κ3) is 2.76. The second-order valence-corrected chi connectivity index (χ2v) is 5.88. The molecule has 0 aromatic heterocycles. The van der Waals surface area contributed by atoms with Crippen LogP contribution in [0.3, 0.4) is 0 Å². The van der Waals surface area contributed by atoms with Crippen LogP contribution < -0.4 is 5.32 Å². The summed E-state index contributed by atoms with van der Waals surface area (Å²) in [4.78, 5) is 2.61. The van der Waals surface area contributed by atoms with Gasteiger partial charge in [0.1, 0.15) is 0 Å². The number of nitrogens with one attached hydrogen (secondary N) is 1. The van der Waals surface area contributed by atoms with Gasteiger partial charge in [-0.15, -0.1) is 0 Å². The first-order chi connectivity index (χ1) is 8.56. The molecule has 1 aromatic carbocycles. The molecule has 0 amide bonds. The van der Waals surface area contributed by atoms with Crippen molar-refractivity contribution in [3.63, 3.8) is 0 Å². The first-order valence-electron chi connectivity index (χ1n) is 7.04. The SMILES string of the molecule is CNC1(C)CCN(C(C)c2ccccc2C)CC1. The van der Waals surface area contributed by atoms with Crippen LogP contribution in [0.4, 0.5) is 0 Å². The van der Waals surface area contributed by atoms with E-state index < -0.39 is 0 Å². The second kappa shape index (κ2) is 5.41. The van der Waals surface area contributed by atoms with Crippen molar-refractivity contribution in [2.24, 2.45) is 0 Å². The Morgan fingerprint density at radius 2 is 1.83 bits per heavy atom. The highest BCUT2D eigenvalue weighted by Gasteiger charge is 2.30. The molecule has 1 atom stereocenters. The maximum absolute atomic E-state index is 3.46. The number of hydrogen-bond donors (Lipinski definition) is 1. The molecule has 1 unspecified atom stereocenters. The maximum Gasteiger partial charge on any atom is 0.0322 e. The average molecular weight is 246 g/mol. The predicted molar refractivity (Wildman–Crippen MR) is 77.9 cm³/mol.